The quantitative estimate of drug-likeness (QED) is 0.162. The summed E-state index contributed by atoms with van der Waals surface area (Å²) >= 11 is -0.0167. The van der Waals surface area contributed by atoms with Crippen molar-refractivity contribution in [1.82, 2.24) is 0 Å². The van der Waals surface area contributed by atoms with Crippen LogP contribution in [0.4, 0.5) is 78.4 Å². The van der Waals surface area contributed by atoms with Gasteiger partial charge in [0.15, 0.2) is 0 Å². The first-order chi connectivity index (χ1) is 18.4. The molecule has 0 spiro atoms. The topological polar surface area (TPSA) is 0 Å². The minimum Gasteiger partial charge on any atom is -0.200 e. The van der Waals surface area contributed by atoms with Gasteiger partial charge >= 0.3 is 215 Å². The summed E-state index contributed by atoms with van der Waals surface area (Å²) in [5.74, 6) is 0.627. The van der Waals surface area contributed by atoms with Crippen molar-refractivity contribution >= 4 is 7.54 Å². The average molecular weight is 783 g/mol. The van der Waals surface area contributed by atoms with Crippen molar-refractivity contribution in [3.63, 3.8) is 0 Å². The van der Waals surface area contributed by atoms with Gasteiger partial charge in [0.2, 0.25) is 0 Å². The molecule has 0 fully saturated rings. The molecule has 0 nitrogen and oxygen atoms in total. The zero-order valence-corrected chi connectivity index (χ0v) is 24.0. The van der Waals surface area contributed by atoms with E-state index >= 15 is 0 Å². The second kappa shape index (κ2) is 13.5. The predicted molar refractivity (Wildman–Crippen MR) is 113 cm³/mol. The van der Waals surface area contributed by atoms with Crippen LogP contribution in [0.1, 0.15) is 30.9 Å². The maximum atomic E-state index is 12.2. The number of aryl methyl sites for hydroxylation is 1. The molecule has 0 heterocycles. The van der Waals surface area contributed by atoms with Crippen LogP contribution >= 0.6 is 7.54 Å². The van der Waals surface area contributed by atoms with Crippen LogP contribution in [0.15, 0.2) is 48.5 Å². The normalized spacial score (nSPS) is 14.5. The first-order valence-corrected chi connectivity index (χ1v) is 14.7. The van der Waals surface area contributed by atoms with E-state index in [1.54, 1.807) is 0 Å². The standard InChI is InChI=1S/C16H18I.C4F13P.C2HF5/c1-12(2)14-6-10-16(11-7-14)17-15-8-4-13(3)5-9-15;5-1(6,7)3(11,12)18(15,16,17)4(13,14)2(8,9)10;3-1(4)2(5,6)7/h4-12H,1-3H3;;1H/q-1;;. The van der Waals surface area contributed by atoms with E-state index in [2.05, 4.69) is 69.3 Å². The summed E-state index contributed by atoms with van der Waals surface area (Å²) in [5, 5.41) is 0. The number of benzene rings is 2. The zero-order chi connectivity index (χ0) is 33.8. The van der Waals surface area contributed by atoms with E-state index in [-0.39, 0.29) is 21.2 Å². The van der Waals surface area contributed by atoms with Crippen molar-refractivity contribution in [3.05, 3.63) is 66.8 Å². The fraction of sp³-hybridized carbons (Fsp3) is 0.455. The Kier molecular flexibility index (Phi) is 13.0. The van der Waals surface area contributed by atoms with Gasteiger partial charge in [0.25, 0.3) is 0 Å². The molecule has 0 aliphatic carbocycles. The Labute approximate surface area is 237 Å². The van der Waals surface area contributed by atoms with Gasteiger partial charge in [-0.2, -0.15) is 13.2 Å². The Bertz CT molecular complexity index is 1080. The van der Waals surface area contributed by atoms with E-state index < -0.39 is 43.8 Å². The third kappa shape index (κ3) is 9.67. The maximum absolute atomic E-state index is 12.2. The molecule has 2 aromatic rings. The molecule has 0 N–H and O–H groups in total. The molecule has 0 bridgehead atoms. The van der Waals surface area contributed by atoms with Gasteiger partial charge in [-0.25, -0.2) is 8.78 Å². The fourth-order valence-corrected chi connectivity index (χ4v) is 5.56. The number of alkyl halides is 15. The molecule has 20 heteroatoms. The molecule has 0 saturated heterocycles. The molecule has 0 saturated carbocycles. The molecular weight excluding hydrogens is 764 g/mol. The van der Waals surface area contributed by atoms with Crippen LogP contribution in [0.2, 0.25) is 0 Å². The van der Waals surface area contributed by atoms with Crippen LogP contribution in [0.5, 0.6) is 0 Å². The van der Waals surface area contributed by atoms with Crippen LogP contribution in [0.25, 0.3) is 0 Å². The van der Waals surface area contributed by atoms with Crippen LogP contribution in [-0.2, 0) is 0 Å². The van der Waals surface area contributed by atoms with Crippen LogP contribution in [-0.4, -0.2) is 36.3 Å². The third-order valence-corrected chi connectivity index (χ3v) is 9.64. The first-order valence-electron chi connectivity index (χ1n) is 10.6. The summed E-state index contributed by atoms with van der Waals surface area (Å²) in [7, 11) is -11.3. The molecule has 42 heavy (non-hydrogen) atoms. The molecule has 2 aromatic carbocycles. The van der Waals surface area contributed by atoms with Crippen molar-refractivity contribution in [1.29, 1.82) is 0 Å². The zero-order valence-electron chi connectivity index (χ0n) is 20.9. The van der Waals surface area contributed by atoms with E-state index in [1.807, 2.05) is 0 Å². The summed E-state index contributed by atoms with van der Waals surface area (Å²) in [6, 6.07) is 18.1. The van der Waals surface area contributed by atoms with Crippen molar-refractivity contribution in [2.75, 3.05) is 0 Å². The summed E-state index contributed by atoms with van der Waals surface area (Å²) in [5.41, 5.74) is -13.5. The van der Waals surface area contributed by atoms with E-state index in [4.69, 9.17) is 0 Å². The number of hydrogen-bond acceptors (Lipinski definition) is 0. The Morgan fingerprint density at radius 2 is 0.857 bits per heavy atom. The van der Waals surface area contributed by atoms with Gasteiger partial charge in [-0.1, -0.05) is 0 Å². The average Bonchev–Trinajstić information content (AvgIpc) is 2.79. The van der Waals surface area contributed by atoms with E-state index in [9.17, 15) is 78.4 Å². The second-order valence-electron chi connectivity index (χ2n) is 8.33. The molecule has 0 aliphatic rings. The summed E-state index contributed by atoms with van der Waals surface area (Å²) in [6.07, 6.45) is -24.8. The van der Waals surface area contributed by atoms with Crippen molar-refractivity contribution in [3.8, 4) is 0 Å². The summed E-state index contributed by atoms with van der Waals surface area (Å²) in [4.78, 5) is 0. The number of halogens is 19. The van der Waals surface area contributed by atoms with Crippen molar-refractivity contribution < 1.29 is 99.7 Å². The molecule has 0 atom stereocenters. The predicted octanol–water partition coefficient (Wildman–Crippen LogP) is 8.56. The van der Waals surface area contributed by atoms with Crippen LogP contribution in [0, 0.1) is 14.1 Å². The smallest absolute Gasteiger partial charge is 0.200 e. The molecule has 0 radical (unpaired) electrons. The van der Waals surface area contributed by atoms with Gasteiger partial charge in [-0.15, -0.1) is 0 Å². The molecule has 0 aromatic heterocycles. The van der Waals surface area contributed by atoms with Crippen LogP contribution < -0.4 is 21.2 Å². The number of rotatable bonds is 5. The minimum atomic E-state index is -11.3. The largest absolute Gasteiger partial charge is 0.450 e. The fourth-order valence-electron chi connectivity index (χ4n) is 2.22. The second-order valence-corrected chi connectivity index (χ2v) is 14.1. The Hall–Kier alpha value is -1.66. The van der Waals surface area contributed by atoms with Gasteiger partial charge < -0.3 is 0 Å². The van der Waals surface area contributed by atoms with Gasteiger partial charge in [0, 0.05) is 0 Å². The molecular formula is C22H19F18IP-. The minimum absolute atomic E-state index is 0.0167. The summed E-state index contributed by atoms with van der Waals surface area (Å²) < 4.78 is 208. The molecule has 0 unspecified atom stereocenters. The summed E-state index contributed by atoms with van der Waals surface area (Å²) in [6.45, 7) is 6.62. The number of hydrogen-bond donors (Lipinski definition) is 0. The van der Waals surface area contributed by atoms with Crippen LogP contribution in [0.3, 0.4) is 0 Å². The van der Waals surface area contributed by atoms with E-state index in [0.717, 1.165) is 0 Å². The maximum Gasteiger partial charge on any atom is 0.450 e. The van der Waals surface area contributed by atoms with Crippen molar-refractivity contribution in [2.45, 2.75) is 63.0 Å². The Morgan fingerprint density at radius 1 is 0.571 bits per heavy atom. The third-order valence-electron chi connectivity index (χ3n) is 4.61. The van der Waals surface area contributed by atoms with Gasteiger partial charge in [0.05, 0.1) is 0 Å². The van der Waals surface area contributed by atoms with Gasteiger partial charge in [-0.05, 0) is 0 Å². The Balaban J connectivity index is 0.000000656. The first kappa shape index (κ1) is 40.3. The van der Waals surface area contributed by atoms with E-state index in [1.165, 1.54) is 18.3 Å². The monoisotopic (exact) mass is 783 g/mol. The molecule has 2 rings (SSSR count). The Morgan fingerprint density at radius 3 is 1.10 bits per heavy atom. The molecule has 0 amide bonds. The van der Waals surface area contributed by atoms with Gasteiger partial charge in [0.1, 0.15) is 0 Å². The SMILES string of the molecule is Cc1ccc([I-]c2ccc(C(C)C)cc2)cc1.FC(F)(F)C(F)(F)P(F)(F)(F)C(F)(F)C(F)(F)F.FC(F)C(F)(F)F. The molecule has 246 valence electrons. The molecule has 0 aliphatic heterocycles. The van der Waals surface area contributed by atoms with Crippen molar-refractivity contribution in [2.24, 2.45) is 0 Å². The van der Waals surface area contributed by atoms with Gasteiger partial charge in [-0.3, -0.25) is 0 Å². The van der Waals surface area contributed by atoms with E-state index in [0.29, 0.717) is 5.92 Å².